The molecule has 0 bridgehead atoms. The maximum absolute atomic E-state index is 13.4. The van der Waals surface area contributed by atoms with Crippen molar-refractivity contribution in [2.24, 2.45) is 0 Å². The van der Waals surface area contributed by atoms with E-state index in [1.165, 1.54) is 11.3 Å². The van der Waals surface area contributed by atoms with Crippen molar-refractivity contribution < 1.29 is 14.2 Å². The smallest absolute Gasteiger partial charge is 0.266 e. The summed E-state index contributed by atoms with van der Waals surface area (Å²) >= 11 is 0. The number of imidazole rings is 1. The lowest BCUT2D eigenvalue weighted by Gasteiger charge is -2.34. The Labute approximate surface area is 188 Å². The minimum absolute atomic E-state index is 0.0371. The minimum atomic E-state index is -0.0469. The van der Waals surface area contributed by atoms with Crippen LogP contribution in [0.2, 0.25) is 0 Å². The van der Waals surface area contributed by atoms with E-state index >= 15 is 0 Å². The fraction of sp³-hybridized carbons (Fsp3) is 0.346. The summed E-state index contributed by atoms with van der Waals surface area (Å²) in [4.78, 5) is 30.3. The second-order valence-electron chi connectivity index (χ2n) is 9.15. The number of hydrogen-bond acceptors (Lipinski definition) is 3. The van der Waals surface area contributed by atoms with Crippen LogP contribution in [-0.2, 0) is 23.3 Å². The molecule has 6 nitrogen and oxygen atoms in total. The first-order valence-corrected chi connectivity index (χ1v) is 11.2. The van der Waals surface area contributed by atoms with Crippen LogP contribution >= 0.6 is 0 Å². The van der Waals surface area contributed by atoms with Gasteiger partial charge in [-0.1, -0.05) is 55.5 Å². The number of carbonyl (C=O) groups excluding carboxylic acids is 2. The Kier molecular flexibility index (Phi) is 4.88. The second kappa shape index (κ2) is 7.62. The molecule has 0 N–H and O–H groups in total. The van der Waals surface area contributed by atoms with E-state index in [9.17, 15) is 9.59 Å². The van der Waals surface area contributed by atoms with Gasteiger partial charge in [0.25, 0.3) is 11.7 Å². The summed E-state index contributed by atoms with van der Waals surface area (Å²) in [5.74, 6) is 1.06. The lowest BCUT2D eigenvalue weighted by atomic mass is 9.81. The van der Waals surface area contributed by atoms with Gasteiger partial charge in [0, 0.05) is 37.2 Å². The van der Waals surface area contributed by atoms with E-state index in [4.69, 9.17) is 0 Å². The van der Waals surface area contributed by atoms with Crippen LogP contribution in [0.1, 0.15) is 35.1 Å². The van der Waals surface area contributed by atoms with Gasteiger partial charge in [0.1, 0.15) is 18.6 Å². The van der Waals surface area contributed by atoms with Crippen LogP contribution in [0.3, 0.4) is 0 Å². The van der Waals surface area contributed by atoms with Gasteiger partial charge in [-0.05, 0) is 18.1 Å². The van der Waals surface area contributed by atoms with E-state index in [1.807, 2.05) is 63.7 Å². The molecule has 1 amide bonds. The Morgan fingerprint density at radius 2 is 1.81 bits per heavy atom. The molecule has 2 aliphatic heterocycles. The van der Waals surface area contributed by atoms with Crippen molar-refractivity contribution >= 4 is 17.4 Å². The SMILES string of the molecule is Cc1n(CC(=O)N2CCC3(C)c4ccccc4N(C)C23)cc[n+]1CC(=O)c1ccccc1. The number of likely N-dealkylation sites (N-methyl/N-ethyl adjacent to an activating group) is 1. The number of benzene rings is 2. The van der Waals surface area contributed by atoms with Crippen molar-refractivity contribution in [1.82, 2.24) is 9.47 Å². The van der Waals surface area contributed by atoms with Crippen LogP contribution in [0.25, 0.3) is 0 Å². The Morgan fingerprint density at radius 3 is 2.59 bits per heavy atom. The molecule has 0 radical (unpaired) electrons. The van der Waals surface area contributed by atoms with Gasteiger partial charge in [0.15, 0.2) is 13.1 Å². The Morgan fingerprint density at radius 1 is 1.09 bits per heavy atom. The number of amides is 1. The zero-order valence-corrected chi connectivity index (χ0v) is 18.9. The molecule has 3 heterocycles. The molecule has 3 aromatic rings. The lowest BCUT2D eigenvalue weighted by molar-refractivity contribution is -0.688. The van der Waals surface area contributed by atoms with Crippen molar-refractivity contribution in [3.8, 4) is 0 Å². The third kappa shape index (κ3) is 3.13. The summed E-state index contributed by atoms with van der Waals surface area (Å²) in [6, 6.07) is 17.8. The van der Waals surface area contributed by atoms with Gasteiger partial charge in [-0.2, -0.15) is 0 Å². The first-order chi connectivity index (χ1) is 15.4. The molecule has 2 aliphatic rings. The van der Waals surface area contributed by atoms with Gasteiger partial charge in [-0.3, -0.25) is 9.59 Å². The number of nitrogens with zero attached hydrogens (tertiary/aromatic N) is 4. The molecule has 0 spiro atoms. The predicted octanol–water partition coefficient (Wildman–Crippen LogP) is 2.93. The molecule has 1 fully saturated rings. The number of rotatable bonds is 5. The molecular formula is C26H29N4O2+. The molecule has 6 heteroatoms. The first kappa shape index (κ1) is 20.5. The monoisotopic (exact) mass is 429 g/mol. The average molecular weight is 430 g/mol. The van der Waals surface area contributed by atoms with Crippen LogP contribution in [0.15, 0.2) is 67.0 Å². The van der Waals surface area contributed by atoms with Crippen molar-refractivity contribution in [3.05, 3.63) is 83.9 Å². The Balaban J connectivity index is 1.32. The zero-order chi connectivity index (χ0) is 22.5. The van der Waals surface area contributed by atoms with Crippen LogP contribution < -0.4 is 9.47 Å². The van der Waals surface area contributed by atoms with Crippen LogP contribution in [0.5, 0.6) is 0 Å². The van der Waals surface area contributed by atoms with Gasteiger partial charge in [-0.25, -0.2) is 9.13 Å². The topological polar surface area (TPSA) is 49.4 Å². The maximum Gasteiger partial charge on any atom is 0.266 e. The molecule has 2 aromatic carbocycles. The first-order valence-electron chi connectivity index (χ1n) is 11.2. The highest BCUT2D eigenvalue weighted by molar-refractivity contribution is 5.94. The van der Waals surface area contributed by atoms with Crippen molar-refractivity contribution in [2.45, 2.75) is 44.9 Å². The number of para-hydroxylation sites is 1. The molecule has 32 heavy (non-hydrogen) atoms. The van der Waals surface area contributed by atoms with Crippen molar-refractivity contribution in [2.75, 3.05) is 18.5 Å². The highest BCUT2D eigenvalue weighted by atomic mass is 16.2. The van der Waals surface area contributed by atoms with E-state index < -0.39 is 0 Å². The number of anilines is 1. The fourth-order valence-corrected chi connectivity index (χ4v) is 5.50. The van der Waals surface area contributed by atoms with E-state index in [-0.39, 0.29) is 36.4 Å². The standard InChI is InChI=1S/C26H29N4O2/c1-19-28(17-23(31)20-9-5-4-6-10-20)15-16-29(19)18-24(32)30-14-13-26(2)21-11-7-8-12-22(21)27(3)25(26)30/h4-12,15-16,25H,13-14,17-18H2,1-3H3/q+1. The van der Waals surface area contributed by atoms with Crippen molar-refractivity contribution in [3.63, 3.8) is 0 Å². The summed E-state index contributed by atoms with van der Waals surface area (Å²) in [5, 5.41) is 0. The number of fused-ring (bicyclic) bond motifs is 3. The highest BCUT2D eigenvalue weighted by Gasteiger charge is 2.54. The summed E-state index contributed by atoms with van der Waals surface area (Å²) in [6.07, 6.45) is 4.78. The quantitative estimate of drug-likeness (QED) is 0.463. The minimum Gasteiger partial charge on any atom is -0.353 e. The molecule has 2 unspecified atom stereocenters. The zero-order valence-electron chi connectivity index (χ0n) is 18.9. The van der Waals surface area contributed by atoms with Gasteiger partial charge in [0.2, 0.25) is 5.78 Å². The average Bonchev–Trinajstić information content (AvgIpc) is 3.41. The van der Waals surface area contributed by atoms with E-state index in [0.29, 0.717) is 5.56 Å². The predicted molar refractivity (Wildman–Crippen MR) is 122 cm³/mol. The van der Waals surface area contributed by atoms with E-state index in [2.05, 4.69) is 43.1 Å². The highest BCUT2D eigenvalue weighted by Crippen LogP contribution is 2.51. The number of Topliss-reactive ketones (excluding diaryl/α,β-unsaturated/α-hetero) is 1. The fourth-order valence-electron chi connectivity index (χ4n) is 5.50. The summed E-state index contributed by atoms with van der Waals surface area (Å²) in [6.45, 7) is 5.52. The molecule has 5 rings (SSSR count). The molecular weight excluding hydrogens is 400 g/mol. The molecule has 1 saturated heterocycles. The summed E-state index contributed by atoms with van der Waals surface area (Å²) in [7, 11) is 2.09. The number of ketones is 1. The van der Waals surface area contributed by atoms with Gasteiger partial charge >= 0.3 is 0 Å². The van der Waals surface area contributed by atoms with E-state index in [1.54, 1.807) is 0 Å². The number of aromatic nitrogens is 2. The summed E-state index contributed by atoms with van der Waals surface area (Å²) < 4.78 is 3.85. The van der Waals surface area contributed by atoms with Crippen molar-refractivity contribution in [1.29, 1.82) is 0 Å². The summed E-state index contributed by atoms with van der Waals surface area (Å²) in [5.41, 5.74) is 3.20. The molecule has 0 saturated carbocycles. The third-order valence-electron chi connectivity index (χ3n) is 7.30. The number of hydrogen-bond donors (Lipinski definition) is 0. The molecule has 0 aliphatic carbocycles. The normalized spacial score (nSPS) is 21.5. The van der Waals surface area contributed by atoms with Crippen LogP contribution in [0, 0.1) is 6.92 Å². The van der Waals surface area contributed by atoms with Crippen LogP contribution in [-0.4, -0.2) is 40.9 Å². The van der Waals surface area contributed by atoms with Gasteiger partial charge in [0.05, 0.1) is 0 Å². The lowest BCUT2D eigenvalue weighted by Crippen LogP contribution is -2.50. The van der Waals surface area contributed by atoms with Gasteiger partial charge < -0.3 is 9.80 Å². The maximum atomic E-state index is 13.4. The van der Waals surface area contributed by atoms with Crippen LogP contribution in [0.4, 0.5) is 5.69 Å². The number of likely N-dealkylation sites (tertiary alicyclic amines) is 1. The largest absolute Gasteiger partial charge is 0.353 e. The van der Waals surface area contributed by atoms with E-state index in [0.717, 1.165) is 18.8 Å². The number of carbonyl (C=O) groups is 2. The molecule has 1 aromatic heterocycles. The second-order valence-corrected chi connectivity index (χ2v) is 9.15. The molecule has 2 atom stereocenters. The Hall–Kier alpha value is -3.41. The third-order valence-corrected chi connectivity index (χ3v) is 7.30. The molecule has 164 valence electrons. The Bertz CT molecular complexity index is 1190. The van der Waals surface area contributed by atoms with Gasteiger partial charge in [-0.15, -0.1) is 0 Å².